The van der Waals surface area contributed by atoms with Crippen molar-refractivity contribution >= 4 is 46.2 Å². The number of aromatic nitrogens is 4. The van der Waals surface area contributed by atoms with Gasteiger partial charge in [0.1, 0.15) is 35.4 Å². The van der Waals surface area contributed by atoms with E-state index in [2.05, 4.69) is 30.4 Å². The van der Waals surface area contributed by atoms with Crippen molar-refractivity contribution in [3.63, 3.8) is 0 Å². The Morgan fingerprint density at radius 1 is 0.855 bits per heavy atom. The van der Waals surface area contributed by atoms with E-state index in [4.69, 9.17) is 15.6 Å². The smallest absolute Gasteiger partial charge is 0.255 e. The van der Waals surface area contributed by atoms with Crippen LogP contribution in [0.5, 0.6) is 11.5 Å². The number of nitrogens with two attached hydrogens (primary N) is 1. The second kappa shape index (κ2) is 18.3. The summed E-state index contributed by atoms with van der Waals surface area (Å²) in [4.78, 5) is 68.3. The molecule has 4 N–H and O–H groups in total. The minimum atomic E-state index is -0.623. The fourth-order valence-electron chi connectivity index (χ4n) is 9.26. The summed E-state index contributed by atoms with van der Waals surface area (Å²) in [5, 5.41) is 11.7. The number of nitrogens with one attached hydrogen (secondary N) is 2. The van der Waals surface area contributed by atoms with E-state index >= 15 is 0 Å². The number of para-hydroxylation sites is 1. The van der Waals surface area contributed by atoms with E-state index in [1.54, 1.807) is 4.90 Å². The van der Waals surface area contributed by atoms with Crippen molar-refractivity contribution in [1.29, 1.82) is 0 Å². The van der Waals surface area contributed by atoms with Gasteiger partial charge in [-0.15, -0.1) is 0 Å². The highest BCUT2D eigenvalue weighted by Crippen LogP contribution is 2.36. The molecule has 6 heterocycles. The molecule has 16 heteroatoms. The van der Waals surface area contributed by atoms with Crippen LogP contribution in [0.3, 0.4) is 0 Å². The van der Waals surface area contributed by atoms with Crippen molar-refractivity contribution in [1.82, 2.24) is 44.7 Å². The first-order valence-corrected chi connectivity index (χ1v) is 21.8. The summed E-state index contributed by atoms with van der Waals surface area (Å²) in [6.45, 7) is 8.20. The van der Waals surface area contributed by atoms with Gasteiger partial charge in [0, 0.05) is 87.6 Å². The number of benzene rings is 3. The van der Waals surface area contributed by atoms with E-state index in [0.29, 0.717) is 54.0 Å². The molecule has 16 nitrogen and oxygen atoms in total. The fourth-order valence-corrected chi connectivity index (χ4v) is 9.26. The molecule has 0 aliphatic carbocycles. The minimum absolute atomic E-state index is 0.0322. The van der Waals surface area contributed by atoms with Gasteiger partial charge in [0.15, 0.2) is 5.65 Å². The number of hydrogen-bond donors (Lipinski definition) is 3. The average molecular weight is 840 g/mol. The monoisotopic (exact) mass is 839 g/mol. The number of hydrogen-bond acceptors (Lipinski definition) is 12. The molecule has 0 bridgehead atoms. The van der Waals surface area contributed by atoms with Gasteiger partial charge < -0.3 is 35.4 Å². The maximum absolute atomic E-state index is 13.6. The fraction of sp³-hybridized carbons (Fsp3) is 0.413. The third kappa shape index (κ3) is 8.83. The second-order valence-corrected chi connectivity index (χ2v) is 16.6. The molecule has 2 unspecified atom stereocenters. The lowest BCUT2D eigenvalue weighted by Crippen LogP contribution is -2.52. The van der Waals surface area contributed by atoms with E-state index < -0.39 is 11.9 Å². The molecule has 62 heavy (non-hydrogen) atoms. The van der Waals surface area contributed by atoms with Crippen molar-refractivity contribution in [3.05, 3.63) is 90.3 Å². The largest absolute Gasteiger partial charge is 0.457 e. The number of rotatable bonds is 14. The summed E-state index contributed by atoms with van der Waals surface area (Å²) >= 11 is 0. The highest BCUT2D eigenvalue weighted by Gasteiger charge is 2.40. The van der Waals surface area contributed by atoms with Crippen molar-refractivity contribution in [2.24, 2.45) is 0 Å². The third-order valence-corrected chi connectivity index (χ3v) is 12.6. The minimum Gasteiger partial charge on any atom is -0.457 e. The maximum Gasteiger partial charge on any atom is 0.255 e. The molecule has 5 aromatic rings. The van der Waals surface area contributed by atoms with Crippen molar-refractivity contribution in [2.45, 2.75) is 63.6 Å². The van der Waals surface area contributed by atoms with Crippen LogP contribution in [0.25, 0.3) is 22.3 Å². The SMILES string of the molecule is Nc1ncnc2c1c(-c1ccc(Oc3ccccc3)cc1)nn2C1CCCN(C(=O)CCCN2CCN(CCCNc3cccc4c3CN(C3CCC(=O)NC3=O)C4=O)CC2)C1. The zero-order valence-electron chi connectivity index (χ0n) is 34.9. The van der Waals surface area contributed by atoms with Crippen molar-refractivity contribution in [2.75, 3.05) is 70.0 Å². The predicted molar refractivity (Wildman–Crippen MR) is 234 cm³/mol. The first-order valence-electron chi connectivity index (χ1n) is 21.8. The summed E-state index contributed by atoms with van der Waals surface area (Å²) in [5.41, 5.74) is 11.1. The molecule has 3 aromatic carbocycles. The molecule has 322 valence electrons. The Morgan fingerprint density at radius 2 is 1.61 bits per heavy atom. The van der Waals surface area contributed by atoms with Gasteiger partial charge in [-0.1, -0.05) is 24.3 Å². The van der Waals surface area contributed by atoms with E-state index in [9.17, 15) is 19.2 Å². The number of fused-ring (bicyclic) bond motifs is 2. The van der Waals surface area contributed by atoms with Gasteiger partial charge >= 0.3 is 0 Å². The zero-order valence-corrected chi connectivity index (χ0v) is 34.9. The van der Waals surface area contributed by atoms with Crippen LogP contribution in [-0.2, 0) is 20.9 Å². The van der Waals surface area contributed by atoms with Crippen LogP contribution in [0.2, 0.25) is 0 Å². The number of likely N-dealkylation sites (tertiary alicyclic amines) is 1. The van der Waals surface area contributed by atoms with Crippen LogP contribution in [0.4, 0.5) is 11.5 Å². The Hall–Kier alpha value is -6.39. The van der Waals surface area contributed by atoms with Gasteiger partial charge in [-0.25, -0.2) is 14.6 Å². The Bertz CT molecular complexity index is 2430. The van der Waals surface area contributed by atoms with Gasteiger partial charge in [-0.05, 0) is 93.7 Å². The molecule has 0 saturated carbocycles. The summed E-state index contributed by atoms with van der Waals surface area (Å²) in [7, 11) is 0. The van der Waals surface area contributed by atoms with Crippen LogP contribution in [0.1, 0.15) is 66.9 Å². The van der Waals surface area contributed by atoms with Gasteiger partial charge in [-0.3, -0.25) is 24.5 Å². The van der Waals surface area contributed by atoms with E-state index in [0.717, 1.165) is 106 Å². The van der Waals surface area contributed by atoms with Crippen LogP contribution < -0.4 is 21.1 Å². The molecule has 0 spiro atoms. The maximum atomic E-state index is 13.6. The topological polar surface area (TPSA) is 184 Å². The lowest BCUT2D eigenvalue weighted by atomic mass is 10.0. The van der Waals surface area contributed by atoms with Crippen molar-refractivity contribution in [3.8, 4) is 22.8 Å². The Morgan fingerprint density at radius 3 is 2.39 bits per heavy atom. The molecule has 4 amide bonds. The zero-order chi connectivity index (χ0) is 42.6. The highest BCUT2D eigenvalue weighted by molar-refractivity contribution is 6.06. The normalized spacial score (nSPS) is 19.8. The number of imide groups is 1. The van der Waals surface area contributed by atoms with Gasteiger partial charge in [0.2, 0.25) is 17.7 Å². The molecule has 2 atom stereocenters. The average Bonchev–Trinajstić information content (AvgIpc) is 3.85. The van der Waals surface area contributed by atoms with E-state index in [1.807, 2.05) is 82.4 Å². The molecule has 3 saturated heterocycles. The van der Waals surface area contributed by atoms with E-state index in [1.165, 1.54) is 6.33 Å². The number of nitrogen functional groups attached to an aromatic ring is 1. The molecule has 0 radical (unpaired) electrons. The van der Waals surface area contributed by atoms with Gasteiger partial charge in [0.25, 0.3) is 5.91 Å². The van der Waals surface area contributed by atoms with Gasteiger partial charge in [0.05, 0.1) is 11.4 Å². The molecule has 4 aliphatic heterocycles. The molecule has 4 aliphatic rings. The number of anilines is 2. The third-order valence-electron chi connectivity index (χ3n) is 12.6. The number of nitrogens with zero attached hydrogens (tertiary/aromatic N) is 8. The Labute approximate surface area is 360 Å². The van der Waals surface area contributed by atoms with Crippen molar-refractivity contribution < 1.29 is 23.9 Å². The second-order valence-electron chi connectivity index (χ2n) is 16.6. The van der Waals surface area contributed by atoms with E-state index in [-0.39, 0.29) is 30.2 Å². The lowest BCUT2D eigenvalue weighted by molar-refractivity contribution is -0.137. The standard InChI is InChI=1S/C46H53N11O5/c47-43-41-42(31-14-16-34(17-15-31)62-33-9-2-1-3-10-33)52-57(44(41)50-30-49-43)32-8-5-23-55(28-32)40(59)13-6-21-53-24-26-54(27-25-53)22-7-20-48-37-12-4-11-35-36(37)29-56(46(35)61)38-18-19-39(58)51-45(38)60/h1-4,9-12,14-17,30,32,38,48H,5-8,13,18-29H2,(H2,47,49,50)(H,51,58,60). The van der Waals surface area contributed by atoms with Crippen LogP contribution in [0, 0.1) is 0 Å². The number of carbonyl (C=O) groups excluding carboxylic acids is 4. The molecule has 9 rings (SSSR count). The number of ether oxygens (including phenoxy) is 1. The molecule has 2 aromatic heterocycles. The first kappa shape index (κ1) is 41.0. The van der Waals surface area contributed by atoms with Crippen LogP contribution in [0.15, 0.2) is 79.1 Å². The highest BCUT2D eigenvalue weighted by atomic mass is 16.5. The first-order chi connectivity index (χ1) is 30.3. The summed E-state index contributed by atoms with van der Waals surface area (Å²) in [6.07, 6.45) is 6.11. The summed E-state index contributed by atoms with van der Waals surface area (Å²) < 4.78 is 7.95. The number of amides is 4. The number of piperidine rings is 2. The lowest BCUT2D eigenvalue weighted by Gasteiger charge is -2.35. The molecule has 3 fully saturated rings. The molecular weight excluding hydrogens is 787 g/mol. The summed E-state index contributed by atoms with van der Waals surface area (Å²) in [6, 6.07) is 22.4. The quantitative estimate of drug-likeness (QED) is 0.104. The van der Waals surface area contributed by atoms with Gasteiger partial charge in [-0.2, -0.15) is 5.10 Å². The number of carbonyl (C=O) groups is 4. The summed E-state index contributed by atoms with van der Waals surface area (Å²) in [5.74, 6) is 1.18. The van der Waals surface area contributed by atoms with Crippen LogP contribution >= 0.6 is 0 Å². The van der Waals surface area contributed by atoms with Crippen LogP contribution in [-0.4, -0.2) is 128 Å². The predicted octanol–water partition coefficient (Wildman–Crippen LogP) is 4.69. The Kier molecular flexibility index (Phi) is 12.1. The Balaban J connectivity index is 0.716. The number of piperazine rings is 1. The molecular formula is C46H53N11O5.